The van der Waals surface area contributed by atoms with Crippen LogP contribution in [0.25, 0.3) is 0 Å². The highest BCUT2D eigenvalue weighted by Gasteiger charge is 2.13. The Labute approximate surface area is 165 Å². The number of carbonyl (C=O) groups excluding carboxylic acids is 1. The van der Waals surface area contributed by atoms with Gasteiger partial charge in [-0.3, -0.25) is 4.79 Å². The second kappa shape index (κ2) is 8.52. The van der Waals surface area contributed by atoms with Crippen LogP contribution in [0.2, 0.25) is 0 Å². The number of nitrogens with zero attached hydrogens (tertiary/aromatic N) is 2. The molecule has 2 aromatic carbocycles. The highest BCUT2D eigenvalue weighted by atomic mass is 16.5. The summed E-state index contributed by atoms with van der Waals surface area (Å²) in [5, 5.41) is 6.14. The lowest BCUT2D eigenvalue weighted by atomic mass is 10.1. The number of hydrogen-bond acceptors (Lipinski definition) is 5. The fraction of sp³-hybridized carbons (Fsp3) is 0.227. The Hall–Kier alpha value is -3.41. The number of ether oxygens (including phenoxy) is 1. The topological polar surface area (TPSA) is 76.1 Å². The number of carbonyl (C=O) groups is 1. The van der Waals surface area contributed by atoms with Crippen LogP contribution < -0.4 is 15.4 Å². The molecule has 6 heteroatoms. The average Bonchev–Trinajstić information content (AvgIpc) is 2.69. The number of aromatic nitrogens is 2. The number of benzene rings is 2. The first-order valence-corrected chi connectivity index (χ1v) is 9.16. The molecule has 0 bridgehead atoms. The molecule has 6 nitrogen and oxygen atoms in total. The maximum absolute atomic E-state index is 12.7. The normalized spacial score (nSPS) is 10.4. The molecule has 0 fully saturated rings. The van der Waals surface area contributed by atoms with Crippen LogP contribution in [0.3, 0.4) is 0 Å². The van der Waals surface area contributed by atoms with Crippen LogP contribution in [-0.4, -0.2) is 23.0 Å². The summed E-state index contributed by atoms with van der Waals surface area (Å²) in [6, 6.07) is 15.0. The monoisotopic (exact) mass is 376 g/mol. The fourth-order valence-corrected chi connectivity index (χ4v) is 2.92. The zero-order valence-electron chi connectivity index (χ0n) is 16.5. The minimum Gasteiger partial charge on any atom is -0.497 e. The van der Waals surface area contributed by atoms with Crippen molar-refractivity contribution in [3.63, 3.8) is 0 Å². The summed E-state index contributed by atoms with van der Waals surface area (Å²) in [7, 11) is 1.60. The summed E-state index contributed by atoms with van der Waals surface area (Å²) in [6.07, 6.45) is 0.890. The van der Waals surface area contributed by atoms with Gasteiger partial charge in [0.05, 0.1) is 7.11 Å². The van der Waals surface area contributed by atoms with E-state index in [1.165, 1.54) is 5.56 Å². The van der Waals surface area contributed by atoms with Crippen molar-refractivity contribution in [2.45, 2.75) is 27.2 Å². The molecule has 0 aliphatic heterocycles. The van der Waals surface area contributed by atoms with Crippen LogP contribution in [0.4, 0.5) is 17.3 Å². The molecule has 0 unspecified atom stereocenters. The van der Waals surface area contributed by atoms with Gasteiger partial charge in [0, 0.05) is 17.1 Å². The molecule has 0 atom stereocenters. The van der Waals surface area contributed by atoms with Gasteiger partial charge in [-0.1, -0.05) is 25.1 Å². The number of hydrogen-bond donors (Lipinski definition) is 2. The lowest BCUT2D eigenvalue weighted by Gasteiger charge is -2.14. The van der Waals surface area contributed by atoms with Crippen LogP contribution in [0.15, 0.2) is 48.5 Å². The first-order chi connectivity index (χ1) is 13.5. The van der Waals surface area contributed by atoms with Gasteiger partial charge in [0.25, 0.3) is 5.91 Å². The van der Waals surface area contributed by atoms with Crippen LogP contribution >= 0.6 is 0 Å². The summed E-state index contributed by atoms with van der Waals surface area (Å²) >= 11 is 0. The van der Waals surface area contributed by atoms with Crippen molar-refractivity contribution in [3.05, 3.63) is 71.0 Å². The zero-order valence-corrected chi connectivity index (χ0v) is 16.5. The molecular formula is C22H24N4O2. The molecule has 0 radical (unpaired) electrons. The van der Waals surface area contributed by atoms with Gasteiger partial charge in [0.2, 0.25) is 5.95 Å². The summed E-state index contributed by atoms with van der Waals surface area (Å²) < 4.78 is 5.13. The number of amides is 1. The van der Waals surface area contributed by atoms with Crippen LogP contribution in [0.5, 0.6) is 5.75 Å². The van der Waals surface area contributed by atoms with Crippen molar-refractivity contribution < 1.29 is 9.53 Å². The van der Waals surface area contributed by atoms with E-state index >= 15 is 0 Å². The van der Waals surface area contributed by atoms with E-state index in [2.05, 4.69) is 33.6 Å². The molecule has 2 N–H and O–H groups in total. The fourth-order valence-electron chi connectivity index (χ4n) is 2.92. The molecule has 144 valence electrons. The van der Waals surface area contributed by atoms with Gasteiger partial charge in [0.1, 0.15) is 11.4 Å². The molecule has 0 aliphatic carbocycles. The largest absolute Gasteiger partial charge is 0.497 e. The first kappa shape index (κ1) is 19.4. The van der Waals surface area contributed by atoms with Crippen molar-refractivity contribution in [1.82, 2.24) is 9.97 Å². The zero-order chi connectivity index (χ0) is 20.1. The molecule has 0 aliphatic rings. The maximum Gasteiger partial charge on any atom is 0.274 e. The third-order valence-corrected chi connectivity index (χ3v) is 4.41. The van der Waals surface area contributed by atoms with Crippen LogP contribution in [0, 0.1) is 13.8 Å². The van der Waals surface area contributed by atoms with E-state index in [1.807, 2.05) is 26.0 Å². The molecule has 3 aromatic rings. The van der Waals surface area contributed by atoms with E-state index in [0.29, 0.717) is 23.0 Å². The predicted molar refractivity (Wildman–Crippen MR) is 112 cm³/mol. The summed E-state index contributed by atoms with van der Waals surface area (Å²) in [4.78, 5) is 21.5. The third kappa shape index (κ3) is 4.46. The van der Waals surface area contributed by atoms with E-state index < -0.39 is 0 Å². The summed E-state index contributed by atoms with van der Waals surface area (Å²) in [5.74, 6) is 0.843. The van der Waals surface area contributed by atoms with Crippen LogP contribution in [-0.2, 0) is 6.42 Å². The van der Waals surface area contributed by atoms with Crippen molar-refractivity contribution in [1.29, 1.82) is 0 Å². The molecule has 0 spiro atoms. The highest BCUT2D eigenvalue weighted by Crippen LogP contribution is 2.24. The van der Waals surface area contributed by atoms with E-state index in [-0.39, 0.29) is 5.91 Å². The number of aryl methyl sites for hydroxylation is 3. The van der Waals surface area contributed by atoms with E-state index in [4.69, 9.17) is 4.74 Å². The number of para-hydroxylation sites is 1. The Morgan fingerprint density at radius 1 is 1.07 bits per heavy atom. The van der Waals surface area contributed by atoms with Crippen molar-refractivity contribution in [2.75, 3.05) is 17.7 Å². The Morgan fingerprint density at radius 3 is 2.50 bits per heavy atom. The Kier molecular flexibility index (Phi) is 5.89. The van der Waals surface area contributed by atoms with Gasteiger partial charge in [-0.2, -0.15) is 0 Å². The third-order valence-electron chi connectivity index (χ3n) is 4.41. The minimum absolute atomic E-state index is 0.292. The number of rotatable bonds is 6. The van der Waals surface area contributed by atoms with Gasteiger partial charge in [-0.25, -0.2) is 9.97 Å². The molecule has 3 rings (SSSR count). The number of methoxy groups -OCH3 is 1. The molecule has 1 heterocycles. The highest BCUT2D eigenvalue weighted by molar-refractivity contribution is 6.03. The molecule has 28 heavy (non-hydrogen) atoms. The molecular weight excluding hydrogens is 352 g/mol. The van der Waals surface area contributed by atoms with Crippen molar-refractivity contribution in [2.24, 2.45) is 0 Å². The van der Waals surface area contributed by atoms with Gasteiger partial charge in [-0.05, 0) is 61.7 Å². The van der Waals surface area contributed by atoms with E-state index in [1.54, 1.807) is 37.4 Å². The van der Waals surface area contributed by atoms with Crippen molar-refractivity contribution in [3.8, 4) is 5.75 Å². The number of nitrogens with one attached hydrogen (secondary N) is 2. The average molecular weight is 376 g/mol. The number of anilines is 3. The predicted octanol–water partition coefficient (Wildman–Crippen LogP) is 4.66. The Balaban J connectivity index is 1.84. The molecule has 0 saturated heterocycles. The van der Waals surface area contributed by atoms with Crippen LogP contribution in [0.1, 0.15) is 34.2 Å². The SMILES string of the molecule is CCc1cccc(C)c1Nc1nc(C)cc(C(=O)Nc2ccc(OC)cc2)n1. The Morgan fingerprint density at radius 2 is 1.82 bits per heavy atom. The van der Waals surface area contributed by atoms with Gasteiger partial charge in [0.15, 0.2) is 0 Å². The minimum atomic E-state index is -0.292. The second-order valence-corrected chi connectivity index (χ2v) is 6.49. The molecule has 1 aromatic heterocycles. The quantitative estimate of drug-likeness (QED) is 0.654. The lowest BCUT2D eigenvalue weighted by Crippen LogP contribution is -2.15. The lowest BCUT2D eigenvalue weighted by molar-refractivity contribution is 0.102. The standard InChI is InChI=1S/C22H24N4O2/c1-5-16-8-6-7-14(2)20(16)26-22-23-15(3)13-19(25-22)21(27)24-17-9-11-18(28-4)12-10-17/h6-13H,5H2,1-4H3,(H,24,27)(H,23,25,26). The van der Waals surface area contributed by atoms with E-state index in [0.717, 1.165) is 23.4 Å². The van der Waals surface area contributed by atoms with Gasteiger partial charge in [-0.15, -0.1) is 0 Å². The Bertz CT molecular complexity index is 984. The second-order valence-electron chi connectivity index (χ2n) is 6.49. The van der Waals surface area contributed by atoms with Gasteiger partial charge < -0.3 is 15.4 Å². The smallest absolute Gasteiger partial charge is 0.274 e. The maximum atomic E-state index is 12.7. The molecule has 0 saturated carbocycles. The summed E-state index contributed by atoms with van der Waals surface area (Å²) in [5.41, 5.74) is 4.95. The van der Waals surface area contributed by atoms with E-state index in [9.17, 15) is 4.79 Å². The van der Waals surface area contributed by atoms with Gasteiger partial charge >= 0.3 is 0 Å². The molecule has 1 amide bonds. The summed E-state index contributed by atoms with van der Waals surface area (Å²) in [6.45, 7) is 5.98. The first-order valence-electron chi connectivity index (χ1n) is 9.16. The van der Waals surface area contributed by atoms with Crippen molar-refractivity contribution >= 4 is 23.2 Å².